The molecule has 0 bridgehead atoms. The molecule has 0 radical (unpaired) electrons. The lowest BCUT2D eigenvalue weighted by atomic mass is 9.42. The van der Waals surface area contributed by atoms with E-state index in [1.807, 2.05) is 13.0 Å². The molecule has 144 valence electrons. The summed E-state index contributed by atoms with van der Waals surface area (Å²) in [7, 11) is 0. The fraction of sp³-hybridized carbons (Fsp3) is 0.727. The first kappa shape index (κ1) is 19.3. The van der Waals surface area contributed by atoms with E-state index >= 15 is 0 Å². The molecule has 2 saturated carbocycles. The van der Waals surface area contributed by atoms with Crippen LogP contribution in [-0.4, -0.2) is 28.6 Å². The number of ether oxygens (including phenoxy) is 1. The number of carbonyl (C=O) groups is 2. The van der Waals surface area contributed by atoms with Crippen molar-refractivity contribution >= 4 is 11.8 Å². The van der Waals surface area contributed by atoms with Crippen molar-refractivity contribution in [2.24, 2.45) is 22.2 Å². The first-order valence-electron chi connectivity index (χ1n) is 9.68. The molecule has 3 rings (SSSR count). The van der Waals surface area contributed by atoms with Gasteiger partial charge in [0.15, 0.2) is 0 Å². The molecule has 5 atom stereocenters. The minimum atomic E-state index is -1.17. The summed E-state index contributed by atoms with van der Waals surface area (Å²) in [6.45, 7) is 13.6. The summed E-state index contributed by atoms with van der Waals surface area (Å²) >= 11 is 0. The van der Waals surface area contributed by atoms with Gasteiger partial charge < -0.3 is 9.84 Å². The van der Waals surface area contributed by atoms with Crippen LogP contribution in [-0.2, 0) is 14.3 Å². The van der Waals surface area contributed by atoms with Crippen LogP contribution < -0.4 is 0 Å². The largest absolute Gasteiger partial charge is 0.462 e. The number of allylic oxidation sites excluding steroid dienone is 2. The second-order valence-corrected chi connectivity index (χ2v) is 9.68. The molecule has 3 aliphatic carbocycles. The molecule has 2 fully saturated rings. The predicted octanol–water partition coefficient (Wildman–Crippen LogP) is 3.98. The lowest BCUT2D eigenvalue weighted by molar-refractivity contribution is -0.207. The highest BCUT2D eigenvalue weighted by atomic mass is 16.5. The van der Waals surface area contributed by atoms with Gasteiger partial charge in [0, 0.05) is 31.1 Å². The average Bonchev–Trinajstić information content (AvgIpc) is 2.53. The van der Waals surface area contributed by atoms with Gasteiger partial charge in [-0.1, -0.05) is 32.9 Å². The monoisotopic (exact) mass is 360 g/mol. The number of hydrogen-bond donors (Lipinski definition) is 1. The fourth-order valence-corrected chi connectivity index (χ4v) is 6.01. The van der Waals surface area contributed by atoms with Crippen LogP contribution in [0.25, 0.3) is 0 Å². The molecule has 0 spiro atoms. The van der Waals surface area contributed by atoms with Gasteiger partial charge in [-0.2, -0.15) is 0 Å². The molecule has 0 aromatic rings. The van der Waals surface area contributed by atoms with Crippen molar-refractivity contribution in [3.8, 4) is 0 Å². The zero-order chi connectivity index (χ0) is 19.5. The minimum absolute atomic E-state index is 0.0919. The van der Waals surface area contributed by atoms with Crippen molar-refractivity contribution in [2.75, 3.05) is 0 Å². The molecule has 0 aliphatic heterocycles. The van der Waals surface area contributed by atoms with Gasteiger partial charge in [0.05, 0.1) is 11.0 Å². The zero-order valence-electron chi connectivity index (χ0n) is 16.7. The molecule has 0 aromatic heterocycles. The lowest BCUT2D eigenvalue weighted by Crippen LogP contribution is -2.69. The quantitative estimate of drug-likeness (QED) is 0.598. The number of aliphatic hydroxyl groups is 1. The molecular weight excluding hydrogens is 328 g/mol. The number of carbonyl (C=O) groups excluding carboxylic acids is 2. The van der Waals surface area contributed by atoms with E-state index in [-0.39, 0.29) is 28.5 Å². The Bertz CT molecular complexity index is 690. The van der Waals surface area contributed by atoms with Crippen LogP contribution in [0.2, 0.25) is 0 Å². The Hall–Kier alpha value is -1.42. The molecular formula is C22H32O4. The van der Waals surface area contributed by atoms with Gasteiger partial charge in [-0.15, -0.1) is 6.58 Å². The fourth-order valence-electron chi connectivity index (χ4n) is 6.01. The van der Waals surface area contributed by atoms with Gasteiger partial charge in [-0.25, -0.2) is 0 Å². The number of rotatable bonds is 2. The van der Waals surface area contributed by atoms with Crippen molar-refractivity contribution in [3.05, 3.63) is 24.3 Å². The van der Waals surface area contributed by atoms with E-state index in [9.17, 15) is 14.7 Å². The van der Waals surface area contributed by atoms with Crippen LogP contribution in [0.4, 0.5) is 0 Å². The molecule has 4 nitrogen and oxygen atoms in total. The summed E-state index contributed by atoms with van der Waals surface area (Å²) in [5, 5.41) is 11.9. The number of ketones is 1. The summed E-state index contributed by atoms with van der Waals surface area (Å²) < 4.78 is 5.74. The molecule has 5 unspecified atom stereocenters. The molecule has 0 heterocycles. The highest BCUT2D eigenvalue weighted by Gasteiger charge is 2.68. The van der Waals surface area contributed by atoms with Gasteiger partial charge in [0.1, 0.15) is 11.9 Å². The Labute approximate surface area is 156 Å². The Morgan fingerprint density at radius 3 is 2.50 bits per heavy atom. The summed E-state index contributed by atoms with van der Waals surface area (Å²) in [5.41, 5.74) is -1.68. The van der Waals surface area contributed by atoms with Crippen LogP contribution in [0.15, 0.2) is 24.3 Å². The number of hydrogen-bond acceptors (Lipinski definition) is 4. The van der Waals surface area contributed by atoms with E-state index in [0.29, 0.717) is 19.3 Å². The molecule has 1 N–H and O–H groups in total. The van der Waals surface area contributed by atoms with Gasteiger partial charge in [0.2, 0.25) is 0 Å². The van der Waals surface area contributed by atoms with E-state index in [1.165, 1.54) is 6.92 Å². The maximum atomic E-state index is 13.2. The Morgan fingerprint density at radius 2 is 1.92 bits per heavy atom. The molecule has 0 aromatic carbocycles. The van der Waals surface area contributed by atoms with Crippen molar-refractivity contribution in [1.82, 2.24) is 0 Å². The number of Topliss-reactive ketones (excluding diaryl/α,β-unsaturated/α-hetero) is 1. The van der Waals surface area contributed by atoms with Gasteiger partial charge in [-0.05, 0) is 37.2 Å². The first-order chi connectivity index (χ1) is 11.9. The smallest absolute Gasteiger partial charge is 0.302 e. The van der Waals surface area contributed by atoms with Gasteiger partial charge in [-0.3, -0.25) is 9.59 Å². The summed E-state index contributed by atoms with van der Waals surface area (Å²) in [4.78, 5) is 25.0. The van der Waals surface area contributed by atoms with Crippen LogP contribution in [0.5, 0.6) is 0 Å². The molecule has 4 heteroatoms. The van der Waals surface area contributed by atoms with Crippen molar-refractivity contribution < 1.29 is 19.4 Å². The second kappa shape index (κ2) is 5.79. The van der Waals surface area contributed by atoms with E-state index in [2.05, 4.69) is 33.4 Å². The second-order valence-electron chi connectivity index (χ2n) is 9.68. The number of esters is 1. The lowest BCUT2D eigenvalue weighted by Gasteiger charge is -2.63. The van der Waals surface area contributed by atoms with Crippen LogP contribution in [0, 0.1) is 22.2 Å². The maximum absolute atomic E-state index is 13.2. The summed E-state index contributed by atoms with van der Waals surface area (Å²) in [6, 6.07) is 0. The Morgan fingerprint density at radius 1 is 1.27 bits per heavy atom. The topological polar surface area (TPSA) is 63.6 Å². The summed E-state index contributed by atoms with van der Waals surface area (Å²) in [5.74, 6) is -0.441. The minimum Gasteiger partial charge on any atom is -0.462 e. The van der Waals surface area contributed by atoms with Crippen molar-refractivity contribution in [2.45, 2.75) is 78.4 Å². The van der Waals surface area contributed by atoms with Crippen molar-refractivity contribution in [3.63, 3.8) is 0 Å². The van der Waals surface area contributed by atoms with Gasteiger partial charge in [0.25, 0.3) is 0 Å². The SMILES string of the molecule is C=CC1(C)C=C2CC(OC(C)=O)C3C(C)(C)CCC(=O)C3(C)C2(O)CC1. The Balaban J connectivity index is 2.20. The van der Waals surface area contributed by atoms with E-state index in [4.69, 9.17) is 4.74 Å². The number of fused-ring (bicyclic) bond motifs is 3. The van der Waals surface area contributed by atoms with Crippen molar-refractivity contribution in [1.29, 1.82) is 0 Å². The normalized spacial score (nSPS) is 44.4. The molecule has 0 amide bonds. The van der Waals surface area contributed by atoms with E-state index in [0.717, 1.165) is 18.4 Å². The maximum Gasteiger partial charge on any atom is 0.302 e. The zero-order valence-corrected chi connectivity index (χ0v) is 16.7. The van der Waals surface area contributed by atoms with E-state index in [1.54, 1.807) is 0 Å². The Kier molecular flexibility index (Phi) is 4.31. The standard InChI is InChI=1S/C22H32O4/c1-7-20(5)10-11-22(25)15(13-20)12-16(26-14(2)23)18-19(3,4)9-8-17(24)21(18,22)6/h7,13,16,18,25H,1,8-12H2,2-6H3. The summed E-state index contributed by atoms with van der Waals surface area (Å²) in [6.07, 6.45) is 6.56. The van der Waals surface area contributed by atoms with Crippen LogP contribution in [0.1, 0.15) is 66.7 Å². The molecule has 3 aliphatic rings. The molecule has 26 heavy (non-hydrogen) atoms. The third kappa shape index (κ3) is 2.52. The van der Waals surface area contributed by atoms with E-state index < -0.39 is 17.1 Å². The third-order valence-corrected chi connectivity index (χ3v) is 7.54. The molecule has 0 saturated heterocycles. The van der Waals surface area contributed by atoms with Crippen LogP contribution in [0.3, 0.4) is 0 Å². The predicted molar refractivity (Wildman–Crippen MR) is 100 cm³/mol. The highest BCUT2D eigenvalue weighted by Crippen LogP contribution is 2.64. The van der Waals surface area contributed by atoms with Gasteiger partial charge >= 0.3 is 5.97 Å². The average molecular weight is 360 g/mol. The first-order valence-corrected chi connectivity index (χ1v) is 9.68. The highest BCUT2D eigenvalue weighted by molar-refractivity contribution is 5.88. The third-order valence-electron chi connectivity index (χ3n) is 7.54. The van der Waals surface area contributed by atoms with Crippen LogP contribution >= 0.6 is 0 Å².